The molecule has 1 unspecified atom stereocenters. The Balaban J connectivity index is 2.00. The van der Waals surface area contributed by atoms with Crippen LogP contribution in [0.4, 0.5) is 5.69 Å². The number of pyridine rings is 1. The molecule has 1 heterocycles. The van der Waals surface area contributed by atoms with E-state index in [2.05, 4.69) is 32.3 Å². The fraction of sp³-hybridized carbons (Fsp3) is 0.250. The minimum Gasteiger partial charge on any atom is -0.325 e. The Morgan fingerprint density at radius 2 is 2.05 bits per heavy atom. The molecule has 3 nitrogen and oxygen atoms in total. The molecule has 0 saturated carbocycles. The fourth-order valence-electron chi connectivity index (χ4n) is 1.85. The Morgan fingerprint density at radius 1 is 1.29 bits per heavy atom. The molecule has 0 saturated heterocycles. The van der Waals surface area contributed by atoms with Gasteiger partial charge in [0.15, 0.2) is 0 Å². The second-order valence-electron chi connectivity index (χ2n) is 4.88. The molecule has 0 bridgehead atoms. The van der Waals surface area contributed by atoms with Crippen molar-refractivity contribution in [2.24, 2.45) is 0 Å². The molecule has 2 rings (SSSR count). The van der Waals surface area contributed by atoms with Crippen molar-refractivity contribution in [2.75, 3.05) is 5.32 Å². The number of nitrogens with one attached hydrogen (secondary N) is 1. The molecule has 1 amide bonds. The van der Waals surface area contributed by atoms with Crippen molar-refractivity contribution in [3.63, 3.8) is 0 Å². The van der Waals surface area contributed by atoms with Gasteiger partial charge < -0.3 is 5.32 Å². The summed E-state index contributed by atoms with van der Waals surface area (Å²) < 4.78 is 0.930. The predicted octanol–water partition coefficient (Wildman–Crippen LogP) is 4.58. The summed E-state index contributed by atoms with van der Waals surface area (Å²) in [4.78, 5) is 16.5. The topological polar surface area (TPSA) is 42.0 Å². The zero-order valence-electron chi connectivity index (χ0n) is 12.2. The molecule has 0 aliphatic carbocycles. The summed E-state index contributed by atoms with van der Waals surface area (Å²) in [5, 5.41) is 3.60. The quantitative estimate of drug-likeness (QED) is 0.807. The normalized spacial score (nSPS) is 12.0. The number of hydrogen-bond donors (Lipinski definition) is 1. The van der Waals surface area contributed by atoms with Crippen LogP contribution in [-0.4, -0.2) is 16.1 Å². The highest BCUT2D eigenvalue weighted by Gasteiger charge is 2.16. The van der Waals surface area contributed by atoms with Crippen LogP contribution < -0.4 is 5.32 Å². The number of benzene rings is 1. The van der Waals surface area contributed by atoms with Crippen molar-refractivity contribution in [1.29, 1.82) is 0 Å². The summed E-state index contributed by atoms with van der Waals surface area (Å²) >= 11 is 4.79. The zero-order chi connectivity index (χ0) is 15.4. The molecule has 0 spiro atoms. The van der Waals surface area contributed by atoms with E-state index in [0.29, 0.717) is 0 Å². The van der Waals surface area contributed by atoms with E-state index in [1.807, 2.05) is 45.0 Å². The minimum atomic E-state index is -0.209. The van der Waals surface area contributed by atoms with Crippen LogP contribution >= 0.6 is 27.7 Å². The maximum Gasteiger partial charge on any atom is 0.237 e. The molecule has 5 heteroatoms. The first-order valence-electron chi connectivity index (χ1n) is 6.62. The molecule has 1 aromatic carbocycles. The number of thioether (sulfide) groups is 1. The number of carbonyl (C=O) groups is 1. The first-order chi connectivity index (χ1) is 9.95. The van der Waals surface area contributed by atoms with Crippen molar-refractivity contribution in [3.8, 4) is 0 Å². The van der Waals surface area contributed by atoms with Crippen molar-refractivity contribution in [3.05, 3.63) is 52.1 Å². The molecule has 0 fully saturated rings. The number of aryl methyl sites for hydroxylation is 2. The van der Waals surface area contributed by atoms with Crippen molar-refractivity contribution >= 4 is 39.3 Å². The molecular formula is C16H17BrN2OS. The maximum absolute atomic E-state index is 12.3. The van der Waals surface area contributed by atoms with Crippen LogP contribution in [0.1, 0.15) is 18.1 Å². The highest BCUT2D eigenvalue weighted by atomic mass is 79.9. The lowest BCUT2D eigenvalue weighted by Gasteiger charge is -2.13. The highest BCUT2D eigenvalue weighted by Crippen LogP contribution is 2.24. The number of hydrogen-bond acceptors (Lipinski definition) is 3. The van der Waals surface area contributed by atoms with Gasteiger partial charge in [0, 0.05) is 16.4 Å². The van der Waals surface area contributed by atoms with Gasteiger partial charge in [-0.25, -0.2) is 4.98 Å². The second-order valence-corrected chi connectivity index (χ2v) is 7.16. The van der Waals surface area contributed by atoms with Crippen LogP contribution in [0.15, 0.2) is 46.0 Å². The van der Waals surface area contributed by atoms with E-state index >= 15 is 0 Å². The minimum absolute atomic E-state index is 0.0170. The lowest BCUT2D eigenvalue weighted by atomic mass is 10.1. The summed E-state index contributed by atoms with van der Waals surface area (Å²) in [6.07, 6.45) is 1.73. The van der Waals surface area contributed by atoms with Gasteiger partial charge in [-0.1, -0.05) is 29.5 Å². The number of rotatable bonds is 4. The molecule has 21 heavy (non-hydrogen) atoms. The summed E-state index contributed by atoms with van der Waals surface area (Å²) in [5.74, 6) is -0.0170. The van der Waals surface area contributed by atoms with Gasteiger partial charge in [0.1, 0.15) is 0 Å². The van der Waals surface area contributed by atoms with E-state index in [9.17, 15) is 4.79 Å². The van der Waals surface area contributed by atoms with E-state index in [1.165, 1.54) is 17.3 Å². The summed E-state index contributed by atoms with van der Waals surface area (Å²) in [7, 11) is 0. The largest absolute Gasteiger partial charge is 0.325 e. The third-order valence-corrected chi connectivity index (χ3v) is 4.53. The number of amides is 1. The number of nitrogens with zero attached hydrogens (tertiary/aromatic N) is 1. The molecule has 0 aliphatic heterocycles. The smallest absolute Gasteiger partial charge is 0.237 e. The van der Waals surface area contributed by atoms with E-state index in [0.717, 1.165) is 20.7 Å². The first-order valence-corrected chi connectivity index (χ1v) is 8.29. The van der Waals surface area contributed by atoms with Crippen LogP contribution in [-0.2, 0) is 4.79 Å². The summed E-state index contributed by atoms with van der Waals surface area (Å²) in [5.41, 5.74) is 3.12. The third kappa shape index (κ3) is 4.58. The Labute approximate surface area is 137 Å². The lowest BCUT2D eigenvalue weighted by Crippen LogP contribution is -2.22. The molecule has 110 valence electrons. The molecule has 1 N–H and O–H groups in total. The molecule has 1 aromatic heterocycles. The Morgan fingerprint density at radius 3 is 2.67 bits per heavy atom. The summed E-state index contributed by atoms with van der Waals surface area (Å²) in [6, 6.07) is 9.82. The van der Waals surface area contributed by atoms with Gasteiger partial charge >= 0.3 is 0 Å². The predicted molar refractivity (Wildman–Crippen MR) is 91.8 cm³/mol. The van der Waals surface area contributed by atoms with Crippen LogP contribution in [0.25, 0.3) is 0 Å². The molecule has 0 radical (unpaired) electrons. The van der Waals surface area contributed by atoms with Crippen LogP contribution in [0.5, 0.6) is 0 Å². The highest BCUT2D eigenvalue weighted by molar-refractivity contribution is 9.10. The molecular weight excluding hydrogens is 348 g/mol. The van der Waals surface area contributed by atoms with Gasteiger partial charge in [-0.2, -0.15) is 0 Å². The Bertz CT molecular complexity index is 643. The first kappa shape index (κ1) is 16.0. The van der Waals surface area contributed by atoms with Crippen LogP contribution in [0, 0.1) is 13.8 Å². The van der Waals surface area contributed by atoms with Gasteiger partial charge in [-0.15, -0.1) is 0 Å². The van der Waals surface area contributed by atoms with Gasteiger partial charge in [0.25, 0.3) is 0 Å². The molecule has 1 atom stereocenters. The van der Waals surface area contributed by atoms with Crippen LogP contribution in [0.2, 0.25) is 0 Å². The lowest BCUT2D eigenvalue weighted by molar-refractivity contribution is -0.115. The number of halogens is 1. The second kappa shape index (κ2) is 7.09. The SMILES string of the molecule is Cc1ccc(NC(=O)C(C)Sc2ccc(Br)cn2)c(C)c1. The number of aromatic nitrogens is 1. The van der Waals surface area contributed by atoms with Gasteiger partial charge in [0.05, 0.1) is 10.3 Å². The standard InChI is InChI=1S/C16H17BrN2OS/c1-10-4-6-14(11(2)8-10)19-16(20)12(3)21-15-7-5-13(17)9-18-15/h4-9,12H,1-3H3,(H,19,20). The zero-order valence-corrected chi connectivity index (χ0v) is 14.6. The van der Waals surface area contributed by atoms with Crippen molar-refractivity contribution in [1.82, 2.24) is 4.98 Å². The van der Waals surface area contributed by atoms with Crippen molar-refractivity contribution in [2.45, 2.75) is 31.0 Å². The Kier molecular flexibility index (Phi) is 5.42. The van der Waals surface area contributed by atoms with Crippen LogP contribution in [0.3, 0.4) is 0 Å². The van der Waals surface area contributed by atoms with E-state index < -0.39 is 0 Å². The maximum atomic E-state index is 12.3. The van der Waals surface area contributed by atoms with Gasteiger partial charge in [0.2, 0.25) is 5.91 Å². The molecule has 0 aliphatic rings. The van der Waals surface area contributed by atoms with Gasteiger partial charge in [-0.3, -0.25) is 4.79 Å². The fourth-order valence-corrected chi connectivity index (χ4v) is 2.88. The van der Waals surface area contributed by atoms with E-state index in [4.69, 9.17) is 0 Å². The third-order valence-electron chi connectivity index (χ3n) is 3.01. The summed E-state index contributed by atoms with van der Waals surface area (Å²) in [6.45, 7) is 5.92. The molecule has 2 aromatic rings. The van der Waals surface area contributed by atoms with Crippen molar-refractivity contribution < 1.29 is 4.79 Å². The number of carbonyl (C=O) groups excluding carboxylic acids is 1. The average Bonchev–Trinajstić information content (AvgIpc) is 2.44. The monoisotopic (exact) mass is 364 g/mol. The Hall–Kier alpha value is -1.33. The van der Waals surface area contributed by atoms with E-state index in [-0.39, 0.29) is 11.2 Å². The van der Waals surface area contributed by atoms with Gasteiger partial charge in [-0.05, 0) is 60.5 Å². The number of anilines is 1. The average molecular weight is 365 g/mol. The van der Waals surface area contributed by atoms with E-state index in [1.54, 1.807) is 6.20 Å².